The second-order valence-electron chi connectivity index (χ2n) is 7.81. The van der Waals surface area contributed by atoms with Crippen molar-refractivity contribution in [3.05, 3.63) is 90.1 Å². The van der Waals surface area contributed by atoms with Gasteiger partial charge in [-0.05, 0) is 48.5 Å². The van der Waals surface area contributed by atoms with Crippen LogP contribution in [0.15, 0.2) is 82.3 Å². The van der Waals surface area contributed by atoms with Gasteiger partial charge in [-0.2, -0.15) is 0 Å². The molecular weight excluding hydrogens is 477 g/mol. The molecule has 0 saturated carbocycles. The third-order valence-corrected chi connectivity index (χ3v) is 7.45. The topological polar surface area (TPSA) is 117 Å². The van der Waals surface area contributed by atoms with Crippen molar-refractivity contribution in [2.45, 2.75) is 10.3 Å². The molecule has 9 nitrogen and oxygen atoms in total. The highest BCUT2D eigenvalue weighted by molar-refractivity contribution is 7.92. The Morgan fingerprint density at radius 3 is 2.09 bits per heavy atom. The van der Waals surface area contributed by atoms with Crippen LogP contribution < -0.4 is 5.32 Å². The quantitative estimate of drug-likeness (QED) is 0.554. The average Bonchev–Trinajstić information content (AvgIpc) is 3.43. The summed E-state index contributed by atoms with van der Waals surface area (Å²) in [6.45, 7) is 0.408. The van der Waals surface area contributed by atoms with Gasteiger partial charge in [0.2, 0.25) is 15.2 Å². The number of nitrogens with one attached hydrogen (secondary N) is 1. The van der Waals surface area contributed by atoms with Crippen LogP contribution in [0.4, 0.5) is 4.39 Å². The number of furan rings is 1. The number of sulfone groups is 1. The Hall–Kier alpha value is -3.99. The highest BCUT2D eigenvalue weighted by atomic mass is 32.2. The number of nitrogens with zero attached hydrogens (tertiary/aromatic N) is 2. The Morgan fingerprint density at radius 1 is 0.857 bits per heavy atom. The third kappa shape index (κ3) is 5.24. The second kappa shape index (κ2) is 10.1. The van der Waals surface area contributed by atoms with Crippen LogP contribution in [0.1, 0.15) is 20.9 Å². The zero-order valence-electron chi connectivity index (χ0n) is 18.5. The van der Waals surface area contributed by atoms with Crippen LogP contribution in [0, 0.1) is 5.82 Å². The maximum Gasteiger partial charge on any atom is 0.288 e. The van der Waals surface area contributed by atoms with E-state index in [9.17, 15) is 27.2 Å². The van der Waals surface area contributed by atoms with E-state index in [1.165, 1.54) is 76.7 Å². The number of halogens is 1. The first-order valence-corrected chi connectivity index (χ1v) is 12.3. The Labute approximate surface area is 201 Å². The molecule has 0 aliphatic carbocycles. The summed E-state index contributed by atoms with van der Waals surface area (Å²) in [6.07, 6.45) is 1.26. The van der Waals surface area contributed by atoms with Crippen LogP contribution in [0.3, 0.4) is 0 Å². The summed E-state index contributed by atoms with van der Waals surface area (Å²) in [4.78, 5) is 41.3. The van der Waals surface area contributed by atoms with Crippen molar-refractivity contribution in [2.24, 2.45) is 0 Å². The number of hydrogen-bond acceptors (Lipinski definition) is 6. The lowest BCUT2D eigenvalue weighted by molar-refractivity contribution is -0.132. The standard InChI is InChI=1S/C24H22FN3O6S/c25-18-10-8-17(9-11-18)23(30)27-12-14-28(15-13-27)24(31)22(26-21(29)20-7-4-16-34-20)35(32,33)19-5-2-1-3-6-19/h1-11,16,22H,12-15H2,(H,26,29). The lowest BCUT2D eigenvalue weighted by Gasteiger charge is -2.36. The zero-order chi connectivity index (χ0) is 25.0. The lowest BCUT2D eigenvalue weighted by Crippen LogP contribution is -2.57. The number of amides is 3. The smallest absolute Gasteiger partial charge is 0.288 e. The molecule has 1 fully saturated rings. The molecule has 2 aromatic carbocycles. The molecule has 1 aliphatic heterocycles. The van der Waals surface area contributed by atoms with E-state index in [2.05, 4.69) is 5.32 Å². The van der Waals surface area contributed by atoms with Gasteiger partial charge in [0.15, 0.2) is 5.76 Å². The van der Waals surface area contributed by atoms with E-state index in [4.69, 9.17) is 4.42 Å². The molecule has 1 unspecified atom stereocenters. The van der Waals surface area contributed by atoms with Crippen molar-refractivity contribution >= 4 is 27.6 Å². The molecule has 1 aromatic heterocycles. The Bertz CT molecular complexity index is 1300. The van der Waals surface area contributed by atoms with E-state index in [1.807, 2.05) is 0 Å². The van der Waals surface area contributed by atoms with Crippen molar-refractivity contribution in [2.75, 3.05) is 26.2 Å². The highest BCUT2D eigenvalue weighted by Crippen LogP contribution is 2.19. The number of piperazine rings is 1. The lowest BCUT2D eigenvalue weighted by atomic mass is 10.1. The summed E-state index contributed by atoms with van der Waals surface area (Å²) < 4.78 is 44.8. The maximum atomic E-state index is 13.4. The molecule has 35 heavy (non-hydrogen) atoms. The minimum atomic E-state index is -4.29. The summed E-state index contributed by atoms with van der Waals surface area (Å²) in [5.41, 5.74) is 0.307. The van der Waals surface area contributed by atoms with E-state index in [-0.39, 0.29) is 42.7 Å². The molecule has 3 aromatic rings. The van der Waals surface area contributed by atoms with E-state index in [0.717, 1.165) is 0 Å². The predicted octanol–water partition coefficient (Wildman–Crippen LogP) is 1.93. The number of hydrogen-bond donors (Lipinski definition) is 1. The number of benzene rings is 2. The first kappa shape index (κ1) is 24.1. The van der Waals surface area contributed by atoms with Gasteiger partial charge in [0.05, 0.1) is 11.2 Å². The summed E-state index contributed by atoms with van der Waals surface area (Å²) in [5, 5.41) is 0.405. The molecule has 1 saturated heterocycles. The molecule has 0 spiro atoms. The molecule has 0 radical (unpaired) electrons. The van der Waals surface area contributed by atoms with Crippen molar-refractivity contribution in [1.29, 1.82) is 0 Å². The van der Waals surface area contributed by atoms with Gasteiger partial charge < -0.3 is 19.5 Å². The van der Waals surface area contributed by atoms with Crippen molar-refractivity contribution in [3.63, 3.8) is 0 Å². The van der Waals surface area contributed by atoms with Crippen LogP contribution in [0.5, 0.6) is 0 Å². The molecule has 3 amide bonds. The molecule has 4 rings (SSSR count). The largest absolute Gasteiger partial charge is 0.459 e. The summed E-state index contributed by atoms with van der Waals surface area (Å²) in [6, 6.07) is 15.3. The zero-order valence-corrected chi connectivity index (χ0v) is 19.3. The monoisotopic (exact) mass is 499 g/mol. The Balaban J connectivity index is 1.52. The minimum absolute atomic E-state index is 0.0587. The van der Waals surface area contributed by atoms with Gasteiger partial charge in [-0.25, -0.2) is 12.8 Å². The fraction of sp³-hybridized carbons (Fsp3) is 0.208. The van der Waals surface area contributed by atoms with Crippen LogP contribution in [0.25, 0.3) is 0 Å². The molecule has 1 atom stereocenters. The normalized spacial score (nSPS) is 14.9. The van der Waals surface area contributed by atoms with E-state index >= 15 is 0 Å². The van der Waals surface area contributed by atoms with Gasteiger partial charge in [0.1, 0.15) is 5.82 Å². The molecular formula is C24H22FN3O6S. The fourth-order valence-electron chi connectivity index (χ4n) is 3.69. The fourth-order valence-corrected chi connectivity index (χ4v) is 5.17. The Morgan fingerprint density at radius 2 is 1.49 bits per heavy atom. The van der Waals surface area contributed by atoms with E-state index in [0.29, 0.717) is 5.56 Å². The van der Waals surface area contributed by atoms with Crippen LogP contribution in [-0.4, -0.2) is 67.5 Å². The van der Waals surface area contributed by atoms with Crippen LogP contribution in [0.2, 0.25) is 0 Å². The van der Waals surface area contributed by atoms with Gasteiger partial charge in [-0.15, -0.1) is 0 Å². The SMILES string of the molecule is O=C(NC(C(=O)N1CCN(C(=O)c2ccc(F)cc2)CC1)S(=O)(=O)c1ccccc1)c1ccco1. The van der Waals surface area contributed by atoms with Crippen molar-refractivity contribution in [3.8, 4) is 0 Å². The second-order valence-corrected chi connectivity index (χ2v) is 9.85. The first-order valence-electron chi connectivity index (χ1n) is 10.7. The number of carbonyl (C=O) groups excluding carboxylic acids is 3. The Kier molecular flexibility index (Phi) is 6.97. The van der Waals surface area contributed by atoms with Gasteiger partial charge in [-0.3, -0.25) is 14.4 Å². The highest BCUT2D eigenvalue weighted by Gasteiger charge is 2.40. The molecule has 2 heterocycles. The van der Waals surface area contributed by atoms with Gasteiger partial charge in [0, 0.05) is 31.7 Å². The minimum Gasteiger partial charge on any atom is -0.459 e. The molecule has 1 aliphatic rings. The van der Waals surface area contributed by atoms with Crippen molar-refractivity contribution < 1.29 is 31.6 Å². The maximum absolute atomic E-state index is 13.4. The van der Waals surface area contributed by atoms with Crippen molar-refractivity contribution in [1.82, 2.24) is 15.1 Å². The summed E-state index contributed by atoms with van der Waals surface area (Å²) in [7, 11) is -4.29. The first-order chi connectivity index (χ1) is 16.8. The van der Waals surface area contributed by atoms with Gasteiger partial charge in [-0.1, -0.05) is 18.2 Å². The summed E-state index contributed by atoms with van der Waals surface area (Å²) in [5.74, 6) is -2.59. The van der Waals surface area contributed by atoms with Crippen LogP contribution in [-0.2, 0) is 14.6 Å². The average molecular weight is 500 g/mol. The summed E-state index contributed by atoms with van der Waals surface area (Å²) >= 11 is 0. The number of rotatable bonds is 6. The van der Waals surface area contributed by atoms with E-state index < -0.39 is 32.8 Å². The number of carbonyl (C=O) groups is 3. The van der Waals surface area contributed by atoms with Crippen LogP contribution >= 0.6 is 0 Å². The van der Waals surface area contributed by atoms with E-state index in [1.54, 1.807) is 6.07 Å². The molecule has 0 bridgehead atoms. The molecule has 11 heteroatoms. The van der Waals surface area contributed by atoms with Gasteiger partial charge in [0.25, 0.3) is 17.7 Å². The third-order valence-electron chi connectivity index (χ3n) is 5.58. The van der Waals surface area contributed by atoms with Gasteiger partial charge >= 0.3 is 0 Å². The predicted molar refractivity (Wildman–Crippen MR) is 122 cm³/mol. The molecule has 182 valence electrons. The molecule has 1 N–H and O–H groups in total.